The van der Waals surface area contributed by atoms with E-state index in [2.05, 4.69) is 0 Å². The monoisotopic (exact) mass is 291 g/mol. The fourth-order valence-corrected chi connectivity index (χ4v) is 2.00. The minimum Gasteiger partial charge on any atom is -0.294 e. The predicted octanol–water partition coefficient (Wildman–Crippen LogP) is 3.61. The van der Waals surface area contributed by atoms with Crippen molar-refractivity contribution in [2.45, 2.75) is 13.3 Å². The predicted molar refractivity (Wildman–Crippen MR) is 72.2 cm³/mol. The number of carbonyl (C=O) groups excluding carboxylic acids is 1. The van der Waals surface area contributed by atoms with Crippen LogP contribution in [-0.4, -0.2) is 10.7 Å². The molecule has 4 nitrogen and oxygen atoms in total. The first-order valence-electron chi connectivity index (χ1n) is 6.11. The molecule has 2 aromatic rings. The summed E-state index contributed by atoms with van der Waals surface area (Å²) >= 11 is 0. The topological polar surface area (TPSA) is 60.2 Å². The van der Waals surface area contributed by atoms with Crippen LogP contribution in [0.2, 0.25) is 0 Å². The summed E-state index contributed by atoms with van der Waals surface area (Å²) in [6, 6.07) is 7.21. The fraction of sp³-hybridized carbons (Fsp3) is 0.133. The molecule has 2 aromatic carbocycles. The molecule has 2 rings (SSSR count). The number of hydrogen-bond acceptors (Lipinski definition) is 3. The summed E-state index contributed by atoms with van der Waals surface area (Å²) in [6.07, 6.45) is -0.435. The molecule has 0 saturated heterocycles. The average molecular weight is 291 g/mol. The standard InChI is InChI=1S/C15H11F2NO3/c1-9-7-10(5-6-14(9)18(20)21)15(19)8-11-12(16)3-2-4-13(11)17/h2-7H,8H2,1H3. The molecule has 0 unspecified atom stereocenters. The van der Waals surface area contributed by atoms with Gasteiger partial charge in [0.25, 0.3) is 5.69 Å². The molecule has 0 heterocycles. The van der Waals surface area contributed by atoms with Gasteiger partial charge in [-0.15, -0.1) is 0 Å². The second-order valence-corrected chi connectivity index (χ2v) is 4.56. The maximum atomic E-state index is 13.5. The molecule has 0 aliphatic heterocycles. The lowest BCUT2D eigenvalue weighted by atomic mass is 10.00. The van der Waals surface area contributed by atoms with Crippen LogP contribution >= 0.6 is 0 Å². The molecule has 0 aromatic heterocycles. The van der Waals surface area contributed by atoms with E-state index in [1.807, 2.05) is 0 Å². The van der Waals surface area contributed by atoms with E-state index in [9.17, 15) is 23.7 Å². The van der Waals surface area contributed by atoms with E-state index in [0.717, 1.165) is 12.1 Å². The Hall–Kier alpha value is -2.63. The summed E-state index contributed by atoms with van der Waals surface area (Å²) in [4.78, 5) is 22.2. The maximum absolute atomic E-state index is 13.5. The largest absolute Gasteiger partial charge is 0.294 e. The lowest BCUT2D eigenvalue weighted by molar-refractivity contribution is -0.385. The van der Waals surface area contributed by atoms with Crippen molar-refractivity contribution >= 4 is 11.5 Å². The van der Waals surface area contributed by atoms with Crippen LogP contribution < -0.4 is 0 Å². The lowest BCUT2D eigenvalue weighted by Gasteiger charge is -2.05. The molecule has 0 spiro atoms. The highest BCUT2D eigenvalue weighted by Crippen LogP contribution is 2.21. The normalized spacial score (nSPS) is 10.4. The van der Waals surface area contributed by atoms with E-state index in [-0.39, 0.29) is 16.8 Å². The Morgan fingerprint density at radius 3 is 2.33 bits per heavy atom. The molecule has 0 aliphatic carbocycles. The average Bonchev–Trinajstić information content (AvgIpc) is 2.42. The zero-order chi connectivity index (χ0) is 15.6. The molecule has 0 bridgehead atoms. The summed E-state index contributed by atoms with van der Waals surface area (Å²) < 4.78 is 27.0. The van der Waals surface area contributed by atoms with Gasteiger partial charge in [-0.1, -0.05) is 6.07 Å². The van der Waals surface area contributed by atoms with Crippen LogP contribution in [0, 0.1) is 28.7 Å². The van der Waals surface area contributed by atoms with E-state index < -0.39 is 28.8 Å². The molecule has 0 radical (unpaired) electrons. The number of rotatable bonds is 4. The number of hydrogen-bond donors (Lipinski definition) is 0. The van der Waals surface area contributed by atoms with E-state index in [1.165, 1.54) is 31.2 Å². The zero-order valence-corrected chi connectivity index (χ0v) is 11.1. The third-order valence-corrected chi connectivity index (χ3v) is 3.11. The molecule has 21 heavy (non-hydrogen) atoms. The Kier molecular flexibility index (Phi) is 4.07. The summed E-state index contributed by atoms with van der Waals surface area (Å²) in [5.41, 5.74) is 0.0859. The van der Waals surface area contributed by atoms with Crippen molar-refractivity contribution in [3.8, 4) is 0 Å². The number of nitrogens with zero attached hydrogens (tertiary/aromatic N) is 1. The van der Waals surface area contributed by atoms with Gasteiger partial charge in [-0.25, -0.2) is 8.78 Å². The van der Waals surface area contributed by atoms with Crippen molar-refractivity contribution in [1.82, 2.24) is 0 Å². The molecule has 0 fully saturated rings. The second-order valence-electron chi connectivity index (χ2n) is 4.56. The summed E-state index contributed by atoms with van der Waals surface area (Å²) in [7, 11) is 0. The van der Waals surface area contributed by atoms with Crippen molar-refractivity contribution < 1.29 is 18.5 Å². The smallest absolute Gasteiger partial charge is 0.272 e. The first-order chi connectivity index (χ1) is 9.90. The highest BCUT2D eigenvalue weighted by molar-refractivity contribution is 5.98. The number of ketones is 1. The number of nitro groups is 1. The molecular formula is C15H11F2NO3. The van der Waals surface area contributed by atoms with Crippen LogP contribution in [0.3, 0.4) is 0 Å². The van der Waals surface area contributed by atoms with E-state index >= 15 is 0 Å². The second kappa shape index (κ2) is 5.78. The zero-order valence-electron chi connectivity index (χ0n) is 11.1. The number of aryl methyl sites for hydroxylation is 1. The number of nitro benzene ring substituents is 1. The van der Waals surface area contributed by atoms with Gasteiger partial charge >= 0.3 is 0 Å². The highest BCUT2D eigenvalue weighted by atomic mass is 19.1. The van der Waals surface area contributed by atoms with E-state index in [0.29, 0.717) is 5.56 Å². The maximum Gasteiger partial charge on any atom is 0.272 e. The molecule has 0 saturated carbocycles. The van der Waals surface area contributed by atoms with E-state index in [1.54, 1.807) is 0 Å². The van der Waals surface area contributed by atoms with Crippen LogP contribution in [0.1, 0.15) is 21.5 Å². The van der Waals surface area contributed by atoms with Gasteiger partial charge in [0.2, 0.25) is 0 Å². The fourth-order valence-electron chi connectivity index (χ4n) is 2.00. The van der Waals surface area contributed by atoms with Crippen molar-refractivity contribution in [2.75, 3.05) is 0 Å². The Morgan fingerprint density at radius 1 is 1.19 bits per heavy atom. The number of Topliss-reactive ketones (excluding diaryl/α,β-unsaturated/α-hetero) is 1. The molecular weight excluding hydrogens is 280 g/mol. The van der Waals surface area contributed by atoms with Gasteiger partial charge < -0.3 is 0 Å². The van der Waals surface area contributed by atoms with Crippen molar-refractivity contribution in [3.05, 3.63) is 74.8 Å². The minimum atomic E-state index is -0.790. The Balaban J connectivity index is 2.29. The lowest BCUT2D eigenvalue weighted by Crippen LogP contribution is -2.08. The van der Waals surface area contributed by atoms with Gasteiger partial charge in [-0.2, -0.15) is 0 Å². The van der Waals surface area contributed by atoms with Crippen molar-refractivity contribution in [1.29, 1.82) is 0 Å². The van der Waals surface area contributed by atoms with Crippen LogP contribution in [-0.2, 0) is 6.42 Å². The Morgan fingerprint density at radius 2 is 1.81 bits per heavy atom. The van der Waals surface area contributed by atoms with Crippen molar-refractivity contribution in [2.24, 2.45) is 0 Å². The van der Waals surface area contributed by atoms with Crippen LogP contribution in [0.25, 0.3) is 0 Å². The molecule has 0 aliphatic rings. The van der Waals surface area contributed by atoms with Gasteiger partial charge in [0.05, 0.1) is 4.92 Å². The van der Waals surface area contributed by atoms with Gasteiger partial charge in [0.15, 0.2) is 5.78 Å². The SMILES string of the molecule is Cc1cc(C(=O)Cc2c(F)cccc2F)ccc1[N+](=O)[O-]. The van der Waals surface area contributed by atoms with Crippen molar-refractivity contribution in [3.63, 3.8) is 0 Å². The van der Waals surface area contributed by atoms with Crippen LogP contribution in [0.5, 0.6) is 0 Å². The van der Waals surface area contributed by atoms with Gasteiger partial charge in [0.1, 0.15) is 11.6 Å². The number of benzene rings is 2. The van der Waals surface area contributed by atoms with Gasteiger partial charge in [0, 0.05) is 29.2 Å². The van der Waals surface area contributed by atoms with Crippen LogP contribution in [0.15, 0.2) is 36.4 Å². The Labute approximate surface area is 119 Å². The molecule has 108 valence electrons. The third-order valence-electron chi connectivity index (χ3n) is 3.11. The summed E-state index contributed by atoms with van der Waals surface area (Å²) in [6.45, 7) is 1.50. The molecule has 0 atom stereocenters. The quantitative estimate of drug-likeness (QED) is 0.491. The minimum absolute atomic E-state index is 0.108. The number of carbonyl (C=O) groups is 1. The molecule has 0 N–H and O–H groups in total. The van der Waals surface area contributed by atoms with Gasteiger partial charge in [-0.05, 0) is 31.2 Å². The van der Waals surface area contributed by atoms with E-state index in [4.69, 9.17) is 0 Å². The third kappa shape index (κ3) is 3.10. The number of halogens is 2. The van der Waals surface area contributed by atoms with Crippen LogP contribution in [0.4, 0.5) is 14.5 Å². The molecule has 0 amide bonds. The first kappa shape index (κ1) is 14.8. The summed E-state index contributed by atoms with van der Waals surface area (Å²) in [5, 5.41) is 10.7. The Bertz CT molecular complexity index is 709. The molecule has 6 heteroatoms. The highest BCUT2D eigenvalue weighted by Gasteiger charge is 2.17. The van der Waals surface area contributed by atoms with Gasteiger partial charge in [-0.3, -0.25) is 14.9 Å². The first-order valence-corrected chi connectivity index (χ1v) is 6.11. The summed E-state index contributed by atoms with van der Waals surface area (Å²) in [5.74, 6) is -2.08.